The second-order valence-electron chi connectivity index (χ2n) is 3.28. The van der Waals surface area contributed by atoms with Gasteiger partial charge in [-0.3, -0.25) is 4.98 Å². The number of aryl methyl sites for hydroxylation is 1. The van der Waals surface area contributed by atoms with Crippen molar-refractivity contribution < 1.29 is 9.52 Å². The summed E-state index contributed by atoms with van der Waals surface area (Å²) < 4.78 is 5.23. The van der Waals surface area contributed by atoms with Crippen LogP contribution in [0.4, 0.5) is 0 Å². The second-order valence-corrected chi connectivity index (χ2v) is 4.31. The van der Waals surface area contributed by atoms with Crippen LogP contribution in [0.1, 0.15) is 24.6 Å². The average Bonchev–Trinajstić information content (AvgIpc) is 2.65. The van der Waals surface area contributed by atoms with Gasteiger partial charge in [-0.2, -0.15) is 0 Å². The number of hydrogen-bond acceptors (Lipinski definition) is 6. The predicted octanol–water partition coefficient (Wildman–Crippen LogP) is 1.98. The molecule has 2 heterocycles. The van der Waals surface area contributed by atoms with Crippen LogP contribution >= 0.6 is 11.8 Å². The highest BCUT2D eigenvalue weighted by Crippen LogP contribution is 2.26. The smallest absolute Gasteiger partial charge is 0.281 e. The number of aliphatic hydroxyl groups excluding tert-OH is 1. The number of aliphatic hydroxyl groups is 1. The van der Waals surface area contributed by atoms with E-state index in [2.05, 4.69) is 15.2 Å². The first-order valence-corrected chi connectivity index (χ1v) is 5.59. The monoisotopic (exact) mass is 237 g/mol. The molecule has 1 N–H and O–H groups in total. The largest absolute Gasteiger partial charge is 0.416 e. The van der Waals surface area contributed by atoms with Gasteiger partial charge < -0.3 is 9.52 Å². The lowest BCUT2D eigenvalue weighted by molar-refractivity contribution is 0.194. The summed E-state index contributed by atoms with van der Waals surface area (Å²) in [5, 5.41) is 17.4. The maximum Gasteiger partial charge on any atom is 0.281 e. The summed E-state index contributed by atoms with van der Waals surface area (Å²) in [4.78, 5) is 5.02. The molecule has 5 nitrogen and oxygen atoms in total. The molecule has 2 rings (SSSR count). The summed E-state index contributed by atoms with van der Waals surface area (Å²) >= 11 is 1.34. The normalized spacial score (nSPS) is 12.7. The maximum absolute atomic E-state index is 9.30. The Kier molecular flexibility index (Phi) is 3.21. The van der Waals surface area contributed by atoms with E-state index in [1.807, 2.05) is 6.07 Å². The van der Waals surface area contributed by atoms with E-state index in [4.69, 9.17) is 4.42 Å². The first kappa shape index (κ1) is 11.1. The van der Waals surface area contributed by atoms with Gasteiger partial charge in [0.25, 0.3) is 5.22 Å². The molecule has 0 aromatic carbocycles. The zero-order valence-corrected chi connectivity index (χ0v) is 9.73. The van der Waals surface area contributed by atoms with E-state index in [1.165, 1.54) is 11.8 Å². The van der Waals surface area contributed by atoms with E-state index in [-0.39, 0.29) is 0 Å². The highest BCUT2D eigenvalue weighted by Gasteiger charge is 2.06. The SMILES string of the molecule is Cc1nnc(Sc2ccc(C(C)O)nc2)o1. The van der Waals surface area contributed by atoms with E-state index < -0.39 is 6.10 Å². The van der Waals surface area contributed by atoms with Gasteiger partial charge >= 0.3 is 0 Å². The molecular weight excluding hydrogens is 226 g/mol. The number of pyridine rings is 1. The summed E-state index contributed by atoms with van der Waals surface area (Å²) in [5.41, 5.74) is 0.644. The van der Waals surface area contributed by atoms with Crippen LogP contribution in [-0.2, 0) is 0 Å². The van der Waals surface area contributed by atoms with Crippen LogP contribution in [0.25, 0.3) is 0 Å². The maximum atomic E-state index is 9.30. The van der Waals surface area contributed by atoms with E-state index in [9.17, 15) is 5.11 Å². The minimum Gasteiger partial charge on any atom is -0.416 e. The van der Waals surface area contributed by atoms with Gasteiger partial charge in [0.2, 0.25) is 5.89 Å². The molecule has 0 aliphatic carbocycles. The van der Waals surface area contributed by atoms with Crippen molar-refractivity contribution >= 4 is 11.8 Å². The van der Waals surface area contributed by atoms with Gasteiger partial charge in [-0.05, 0) is 30.8 Å². The van der Waals surface area contributed by atoms with Crippen molar-refractivity contribution in [3.8, 4) is 0 Å². The lowest BCUT2D eigenvalue weighted by atomic mass is 10.2. The van der Waals surface area contributed by atoms with Crippen LogP contribution in [0.15, 0.2) is 32.9 Å². The first-order chi connectivity index (χ1) is 7.65. The van der Waals surface area contributed by atoms with Gasteiger partial charge in [-0.25, -0.2) is 0 Å². The average molecular weight is 237 g/mol. The third-order valence-electron chi connectivity index (χ3n) is 1.90. The molecule has 0 aliphatic rings. The Morgan fingerprint density at radius 1 is 1.38 bits per heavy atom. The van der Waals surface area contributed by atoms with Crippen LogP contribution in [0.5, 0.6) is 0 Å². The molecule has 1 unspecified atom stereocenters. The number of hydrogen-bond donors (Lipinski definition) is 1. The lowest BCUT2D eigenvalue weighted by Gasteiger charge is -2.03. The van der Waals surface area contributed by atoms with Crippen molar-refractivity contribution in [3.63, 3.8) is 0 Å². The van der Waals surface area contributed by atoms with E-state index in [1.54, 1.807) is 26.1 Å². The zero-order chi connectivity index (χ0) is 11.5. The van der Waals surface area contributed by atoms with Crippen molar-refractivity contribution in [1.82, 2.24) is 15.2 Å². The Hall–Kier alpha value is -1.40. The van der Waals surface area contributed by atoms with Crippen molar-refractivity contribution in [1.29, 1.82) is 0 Å². The molecule has 0 saturated heterocycles. The van der Waals surface area contributed by atoms with Gasteiger partial charge in [0, 0.05) is 18.0 Å². The summed E-state index contributed by atoms with van der Waals surface area (Å²) in [6, 6.07) is 3.63. The Morgan fingerprint density at radius 2 is 2.19 bits per heavy atom. The quantitative estimate of drug-likeness (QED) is 0.880. The Balaban J connectivity index is 2.11. The molecule has 0 aliphatic heterocycles. The van der Waals surface area contributed by atoms with Gasteiger partial charge in [0.1, 0.15) is 0 Å². The molecule has 6 heteroatoms. The Morgan fingerprint density at radius 3 is 2.69 bits per heavy atom. The van der Waals surface area contributed by atoms with Gasteiger partial charge in [-0.1, -0.05) is 0 Å². The Labute approximate surface area is 96.9 Å². The van der Waals surface area contributed by atoms with Crippen LogP contribution in [0.2, 0.25) is 0 Å². The Bertz CT molecular complexity index is 467. The molecule has 2 aromatic heterocycles. The number of rotatable bonds is 3. The third-order valence-corrected chi connectivity index (χ3v) is 2.72. The topological polar surface area (TPSA) is 72.0 Å². The van der Waals surface area contributed by atoms with Crippen molar-refractivity contribution in [3.05, 3.63) is 29.9 Å². The van der Waals surface area contributed by atoms with E-state index in [0.717, 1.165) is 4.90 Å². The molecule has 1 atom stereocenters. The molecule has 0 amide bonds. The molecule has 2 aromatic rings. The van der Waals surface area contributed by atoms with Crippen LogP contribution < -0.4 is 0 Å². The minimum absolute atomic E-state index is 0.490. The summed E-state index contributed by atoms with van der Waals surface area (Å²) in [6.07, 6.45) is 1.12. The van der Waals surface area contributed by atoms with Crippen molar-refractivity contribution in [2.45, 2.75) is 30.1 Å². The van der Waals surface area contributed by atoms with Crippen molar-refractivity contribution in [2.24, 2.45) is 0 Å². The molecule has 0 saturated carbocycles. The van der Waals surface area contributed by atoms with Gasteiger partial charge in [0.05, 0.1) is 11.8 Å². The summed E-state index contributed by atoms with van der Waals surface area (Å²) in [7, 11) is 0. The fourth-order valence-corrected chi connectivity index (χ4v) is 1.81. The summed E-state index contributed by atoms with van der Waals surface area (Å²) in [5.74, 6) is 0.538. The molecule has 0 bridgehead atoms. The minimum atomic E-state index is -0.551. The fraction of sp³-hybridized carbons (Fsp3) is 0.300. The molecular formula is C10H11N3O2S. The third kappa shape index (κ3) is 2.59. The second kappa shape index (κ2) is 4.63. The van der Waals surface area contributed by atoms with Crippen LogP contribution in [0, 0.1) is 6.92 Å². The van der Waals surface area contributed by atoms with Gasteiger partial charge in [0.15, 0.2) is 0 Å². The van der Waals surface area contributed by atoms with E-state index in [0.29, 0.717) is 16.8 Å². The fourth-order valence-electron chi connectivity index (χ4n) is 1.12. The highest BCUT2D eigenvalue weighted by molar-refractivity contribution is 7.99. The predicted molar refractivity (Wildman–Crippen MR) is 58.0 cm³/mol. The van der Waals surface area contributed by atoms with Gasteiger partial charge in [-0.15, -0.1) is 10.2 Å². The van der Waals surface area contributed by atoms with E-state index >= 15 is 0 Å². The molecule has 0 fully saturated rings. The van der Waals surface area contributed by atoms with Crippen molar-refractivity contribution in [2.75, 3.05) is 0 Å². The number of aromatic nitrogens is 3. The summed E-state index contributed by atoms with van der Waals surface area (Å²) in [6.45, 7) is 3.42. The molecule has 84 valence electrons. The number of nitrogens with zero attached hydrogens (tertiary/aromatic N) is 3. The lowest BCUT2D eigenvalue weighted by Crippen LogP contribution is -1.94. The molecule has 0 radical (unpaired) electrons. The first-order valence-electron chi connectivity index (χ1n) is 4.77. The molecule has 0 spiro atoms. The standard InChI is InChI=1S/C10H11N3O2S/c1-6(14)9-4-3-8(5-11-9)16-10-13-12-7(2)15-10/h3-6,14H,1-2H3. The molecule has 16 heavy (non-hydrogen) atoms. The highest BCUT2D eigenvalue weighted by atomic mass is 32.2. The van der Waals surface area contributed by atoms with Crippen LogP contribution in [-0.4, -0.2) is 20.3 Å². The van der Waals surface area contributed by atoms with Crippen LogP contribution in [0.3, 0.4) is 0 Å². The zero-order valence-electron chi connectivity index (χ0n) is 8.91.